The molecule has 0 bridgehead atoms. The second-order valence-electron chi connectivity index (χ2n) is 10.4. The van der Waals surface area contributed by atoms with Gasteiger partial charge in [-0.1, -0.05) is 11.6 Å². The van der Waals surface area contributed by atoms with Crippen molar-refractivity contribution in [2.75, 3.05) is 49.5 Å². The van der Waals surface area contributed by atoms with Crippen molar-refractivity contribution in [3.05, 3.63) is 47.6 Å². The summed E-state index contributed by atoms with van der Waals surface area (Å²) in [6.07, 6.45) is 4.82. The lowest BCUT2D eigenvalue weighted by Gasteiger charge is -2.35. The molecular formula is C27H30ClN9O3. The number of carbonyl (C=O) groups is 3. The topological polar surface area (TPSA) is 129 Å². The number of tetrazole rings is 1. The molecule has 0 radical (unpaired) electrons. The molecule has 3 amide bonds. The second kappa shape index (κ2) is 11.2. The third-order valence-corrected chi connectivity index (χ3v) is 7.90. The first kappa shape index (κ1) is 26.2. The smallest absolute Gasteiger partial charge is 0.313 e. The molecule has 6 rings (SSSR count). The van der Waals surface area contributed by atoms with Crippen LogP contribution in [0.15, 0.2) is 42.6 Å². The van der Waals surface area contributed by atoms with E-state index in [9.17, 15) is 14.4 Å². The van der Waals surface area contributed by atoms with E-state index in [0.29, 0.717) is 55.6 Å². The summed E-state index contributed by atoms with van der Waals surface area (Å²) in [5.74, 6) is 0.543. The van der Waals surface area contributed by atoms with Gasteiger partial charge in [-0.3, -0.25) is 14.4 Å². The molecule has 12 nitrogen and oxygen atoms in total. The van der Waals surface area contributed by atoms with Gasteiger partial charge >= 0.3 is 11.8 Å². The van der Waals surface area contributed by atoms with E-state index < -0.39 is 11.8 Å². The number of hydrogen-bond donors (Lipinski definition) is 1. The van der Waals surface area contributed by atoms with Crippen molar-refractivity contribution in [3.8, 4) is 11.4 Å². The number of nitrogens with one attached hydrogen (secondary N) is 1. The van der Waals surface area contributed by atoms with E-state index >= 15 is 0 Å². The SMILES string of the molecule is O=C(Nc1ccc(N2CCN(C(=O)C3CC3)CC2)nc1)C(=O)N1CCC(n2nnc(-c3ccc(Cl)cc3)n2)CC1. The van der Waals surface area contributed by atoms with Gasteiger partial charge in [-0.2, -0.15) is 4.80 Å². The molecule has 13 heteroatoms. The molecule has 2 aromatic heterocycles. The third-order valence-electron chi connectivity index (χ3n) is 7.65. The van der Waals surface area contributed by atoms with E-state index in [1.807, 2.05) is 23.1 Å². The first-order valence-electron chi connectivity index (χ1n) is 13.6. The number of hydrogen-bond acceptors (Lipinski definition) is 8. The van der Waals surface area contributed by atoms with Gasteiger partial charge in [0.1, 0.15) is 5.82 Å². The Labute approximate surface area is 236 Å². The maximum absolute atomic E-state index is 12.8. The van der Waals surface area contributed by atoms with Gasteiger partial charge in [0, 0.05) is 55.8 Å². The van der Waals surface area contributed by atoms with E-state index in [1.54, 1.807) is 34.1 Å². The highest BCUT2D eigenvalue weighted by molar-refractivity contribution is 6.39. The number of halogens is 1. The van der Waals surface area contributed by atoms with Crippen LogP contribution < -0.4 is 10.2 Å². The zero-order valence-electron chi connectivity index (χ0n) is 21.9. The van der Waals surface area contributed by atoms with Gasteiger partial charge in [-0.05, 0) is 67.3 Å². The summed E-state index contributed by atoms with van der Waals surface area (Å²) in [6, 6.07) is 10.8. The van der Waals surface area contributed by atoms with Gasteiger partial charge in [-0.25, -0.2) is 4.98 Å². The number of anilines is 2. The van der Waals surface area contributed by atoms with Crippen LogP contribution in [0.5, 0.6) is 0 Å². The van der Waals surface area contributed by atoms with Crippen molar-refractivity contribution in [2.24, 2.45) is 5.92 Å². The van der Waals surface area contributed by atoms with E-state index in [-0.39, 0.29) is 17.9 Å². The zero-order valence-corrected chi connectivity index (χ0v) is 22.7. The monoisotopic (exact) mass is 563 g/mol. The first-order valence-corrected chi connectivity index (χ1v) is 14.0. The Kier molecular flexibility index (Phi) is 7.33. The number of piperazine rings is 1. The fourth-order valence-electron chi connectivity index (χ4n) is 5.11. The van der Waals surface area contributed by atoms with E-state index in [1.165, 1.54) is 0 Å². The molecule has 4 heterocycles. The maximum Gasteiger partial charge on any atom is 0.313 e. The Bertz CT molecular complexity index is 1370. The van der Waals surface area contributed by atoms with Gasteiger partial charge in [0.15, 0.2) is 0 Å². The minimum absolute atomic E-state index is 0.00824. The Morgan fingerprint density at radius 3 is 2.23 bits per heavy atom. The molecule has 2 aliphatic heterocycles. The predicted molar refractivity (Wildman–Crippen MR) is 147 cm³/mol. The third kappa shape index (κ3) is 5.76. The minimum Gasteiger partial charge on any atom is -0.353 e. The quantitative estimate of drug-likeness (QED) is 0.468. The summed E-state index contributed by atoms with van der Waals surface area (Å²) in [5.41, 5.74) is 1.28. The van der Waals surface area contributed by atoms with Crippen molar-refractivity contribution in [2.45, 2.75) is 31.7 Å². The van der Waals surface area contributed by atoms with Crippen molar-refractivity contribution in [1.82, 2.24) is 35.0 Å². The maximum atomic E-state index is 12.8. The van der Waals surface area contributed by atoms with Crippen LogP contribution in [0, 0.1) is 5.92 Å². The molecule has 208 valence electrons. The molecule has 2 saturated heterocycles. The number of pyridine rings is 1. The highest BCUT2D eigenvalue weighted by atomic mass is 35.5. The molecule has 1 aliphatic carbocycles. The molecule has 3 aliphatic rings. The molecule has 3 aromatic rings. The van der Waals surface area contributed by atoms with E-state index in [0.717, 1.165) is 37.3 Å². The number of carbonyl (C=O) groups excluding carboxylic acids is 3. The average molecular weight is 564 g/mol. The number of piperidine rings is 1. The first-order chi connectivity index (χ1) is 19.4. The molecule has 1 aromatic carbocycles. The molecule has 1 N–H and O–H groups in total. The Morgan fingerprint density at radius 2 is 1.57 bits per heavy atom. The van der Waals surface area contributed by atoms with Gasteiger partial charge in [-0.15, -0.1) is 10.2 Å². The number of rotatable bonds is 5. The molecule has 0 atom stereocenters. The standard InChI is InChI=1S/C27H30ClN9O3/c28-20-5-3-18(4-6-20)24-31-33-37(32-24)22-9-11-35(12-10-22)27(40)25(38)30-21-7-8-23(29-17-21)34-13-15-36(16-14-34)26(39)19-1-2-19/h3-8,17,19,22H,1-2,9-16H2,(H,30,38). The second-order valence-corrected chi connectivity index (χ2v) is 10.8. The van der Waals surface area contributed by atoms with E-state index in [4.69, 9.17) is 11.6 Å². The Balaban J connectivity index is 0.971. The van der Waals surface area contributed by atoms with Crippen LogP contribution >= 0.6 is 11.6 Å². The van der Waals surface area contributed by atoms with Crippen LogP contribution in [-0.2, 0) is 14.4 Å². The number of amides is 3. The molecule has 0 unspecified atom stereocenters. The molecule has 1 saturated carbocycles. The van der Waals surface area contributed by atoms with Crippen LogP contribution in [-0.4, -0.2) is 92.0 Å². The fourth-order valence-corrected chi connectivity index (χ4v) is 5.24. The van der Waals surface area contributed by atoms with Crippen molar-refractivity contribution in [1.29, 1.82) is 0 Å². The van der Waals surface area contributed by atoms with Crippen LogP contribution in [0.3, 0.4) is 0 Å². The molecule has 3 fully saturated rings. The molecular weight excluding hydrogens is 534 g/mol. The van der Waals surface area contributed by atoms with Crippen LogP contribution in [0.1, 0.15) is 31.7 Å². The number of benzene rings is 1. The largest absolute Gasteiger partial charge is 0.353 e. The summed E-state index contributed by atoms with van der Waals surface area (Å²) in [6.45, 7) is 3.66. The summed E-state index contributed by atoms with van der Waals surface area (Å²) in [7, 11) is 0. The predicted octanol–water partition coefficient (Wildman–Crippen LogP) is 2.25. The zero-order chi connectivity index (χ0) is 27.6. The normalized spacial score (nSPS) is 18.1. The lowest BCUT2D eigenvalue weighted by molar-refractivity contribution is -0.144. The van der Waals surface area contributed by atoms with Crippen LogP contribution in [0.4, 0.5) is 11.5 Å². The van der Waals surface area contributed by atoms with Gasteiger partial charge in [0.05, 0.1) is 17.9 Å². The average Bonchev–Trinajstić information content (AvgIpc) is 3.73. The number of aromatic nitrogens is 5. The van der Waals surface area contributed by atoms with Crippen molar-refractivity contribution >= 4 is 40.8 Å². The number of nitrogens with zero attached hydrogens (tertiary/aromatic N) is 8. The molecule has 0 spiro atoms. The van der Waals surface area contributed by atoms with Crippen LogP contribution in [0.2, 0.25) is 5.02 Å². The summed E-state index contributed by atoms with van der Waals surface area (Å²) < 4.78 is 0. The van der Waals surface area contributed by atoms with Crippen molar-refractivity contribution < 1.29 is 14.4 Å². The molecule has 40 heavy (non-hydrogen) atoms. The summed E-state index contributed by atoms with van der Waals surface area (Å²) in [4.78, 5) is 49.4. The highest BCUT2D eigenvalue weighted by Crippen LogP contribution is 2.31. The number of likely N-dealkylation sites (tertiary alicyclic amines) is 1. The minimum atomic E-state index is -0.691. The van der Waals surface area contributed by atoms with Crippen molar-refractivity contribution in [3.63, 3.8) is 0 Å². The van der Waals surface area contributed by atoms with E-state index in [2.05, 4.69) is 30.6 Å². The van der Waals surface area contributed by atoms with Crippen LogP contribution in [0.25, 0.3) is 11.4 Å². The highest BCUT2D eigenvalue weighted by Gasteiger charge is 2.35. The Hall–Kier alpha value is -4.06. The fraction of sp³-hybridized carbons (Fsp3) is 0.444. The Morgan fingerprint density at radius 1 is 0.850 bits per heavy atom. The van der Waals surface area contributed by atoms with Gasteiger partial charge in [0.25, 0.3) is 0 Å². The van der Waals surface area contributed by atoms with Gasteiger partial charge in [0.2, 0.25) is 11.7 Å². The van der Waals surface area contributed by atoms with Gasteiger partial charge < -0.3 is 20.0 Å². The lowest BCUT2D eigenvalue weighted by Crippen LogP contribution is -2.49. The summed E-state index contributed by atoms with van der Waals surface area (Å²) in [5, 5.41) is 16.1. The lowest BCUT2D eigenvalue weighted by atomic mass is 10.1. The summed E-state index contributed by atoms with van der Waals surface area (Å²) >= 11 is 5.95.